The Morgan fingerprint density at radius 2 is 1.26 bits per heavy atom. The molecular weight excluding hydrogens is 541 g/mol. The standard InChI is InChI=1S/C38H36F3N2/c1-3-42(27-29-13-7-5-8-14-29)33-23-19-31(20-24-33)37(35-17-11-12-18-36(35)38(39,40)41)32-21-25-34(26-22-32)43(4-2)28-30-15-9-6-10-16-30/h5-26H,3-4,27-28H2,1-2H3/q+1. The van der Waals surface area contributed by atoms with Crippen LogP contribution in [0.3, 0.4) is 0 Å². The molecule has 218 valence electrons. The highest BCUT2D eigenvalue weighted by atomic mass is 19.4. The highest BCUT2D eigenvalue weighted by molar-refractivity contribution is 6.04. The van der Waals surface area contributed by atoms with Gasteiger partial charge in [-0.3, -0.25) is 0 Å². The maximum absolute atomic E-state index is 14.3. The van der Waals surface area contributed by atoms with Gasteiger partial charge in [0.15, 0.2) is 12.3 Å². The van der Waals surface area contributed by atoms with Crippen LogP contribution in [0.1, 0.15) is 41.7 Å². The molecule has 0 heterocycles. The Kier molecular flexibility index (Phi) is 9.41. The van der Waals surface area contributed by atoms with E-state index in [2.05, 4.69) is 47.6 Å². The summed E-state index contributed by atoms with van der Waals surface area (Å²) in [5, 5.41) is 0. The zero-order valence-corrected chi connectivity index (χ0v) is 24.6. The number of hydrogen-bond donors (Lipinski definition) is 0. The van der Waals surface area contributed by atoms with Crippen LogP contribution in [0.2, 0.25) is 0 Å². The van der Waals surface area contributed by atoms with E-state index in [0.717, 1.165) is 54.8 Å². The van der Waals surface area contributed by atoms with Gasteiger partial charge >= 0.3 is 6.18 Å². The number of hydrogen-bond acceptors (Lipinski definition) is 1. The van der Waals surface area contributed by atoms with Crippen LogP contribution in [0.5, 0.6) is 0 Å². The average molecular weight is 578 g/mol. The quantitative estimate of drug-likeness (QED) is 0.180. The van der Waals surface area contributed by atoms with E-state index in [4.69, 9.17) is 0 Å². The lowest BCUT2D eigenvalue weighted by atomic mass is 9.88. The third kappa shape index (κ3) is 7.23. The normalized spacial score (nSPS) is 12.9. The van der Waals surface area contributed by atoms with Crippen molar-refractivity contribution in [2.75, 3.05) is 18.0 Å². The predicted molar refractivity (Wildman–Crippen MR) is 171 cm³/mol. The third-order valence-electron chi connectivity index (χ3n) is 7.74. The Bertz CT molecular complexity index is 1630. The number of rotatable bonds is 9. The van der Waals surface area contributed by atoms with Crippen molar-refractivity contribution in [3.63, 3.8) is 0 Å². The lowest BCUT2D eigenvalue weighted by Gasteiger charge is -2.24. The van der Waals surface area contributed by atoms with Crippen LogP contribution in [-0.4, -0.2) is 23.4 Å². The number of anilines is 1. The van der Waals surface area contributed by atoms with Gasteiger partial charge in [0.1, 0.15) is 6.54 Å². The summed E-state index contributed by atoms with van der Waals surface area (Å²) in [6.07, 6.45) is 3.40. The fourth-order valence-electron chi connectivity index (χ4n) is 5.48. The maximum Gasteiger partial charge on any atom is 0.417 e. The van der Waals surface area contributed by atoms with Crippen molar-refractivity contribution in [3.05, 3.63) is 167 Å². The smallest absolute Gasteiger partial charge is 0.367 e. The SMILES string of the molecule is CCN(Cc1ccccc1)c1ccc(C(=C2C=CC(=[N+](CC)Cc3ccccc3)C=C2)c2ccccc2C(F)(F)F)cc1. The van der Waals surface area contributed by atoms with Crippen molar-refractivity contribution < 1.29 is 17.7 Å². The first-order valence-electron chi connectivity index (χ1n) is 14.7. The van der Waals surface area contributed by atoms with Crippen molar-refractivity contribution in [1.82, 2.24) is 0 Å². The first-order valence-corrected chi connectivity index (χ1v) is 14.7. The minimum absolute atomic E-state index is 0.170. The lowest BCUT2D eigenvalue weighted by molar-refractivity contribution is -0.539. The van der Waals surface area contributed by atoms with Gasteiger partial charge in [-0.1, -0.05) is 91.0 Å². The molecule has 0 aliphatic heterocycles. The summed E-state index contributed by atoms with van der Waals surface area (Å²) < 4.78 is 45.0. The number of halogens is 3. The number of nitrogens with zero attached hydrogens (tertiary/aromatic N) is 2. The van der Waals surface area contributed by atoms with Gasteiger partial charge in [0.05, 0.1) is 5.56 Å². The molecule has 0 unspecified atom stereocenters. The molecule has 1 aliphatic rings. The molecule has 4 aromatic carbocycles. The van der Waals surface area contributed by atoms with E-state index in [1.165, 1.54) is 17.2 Å². The molecule has 0 N–H and O–H groups in total. The van der Waals surface area contributed by atoms with E-state index in [0.29, 0.717) is 5.57 Å². The lowest BCUT2D eigenvalue weighted by Crippen LogP contribution is -2.21. The van der Waals surface area contributed by atoms with Gasteiger partial charge in [0, 0.05) is 36.5 Å². The highest BCUT2D eigenvalue weighted by Gasteiger charge is 2.34. The maximum atomic E-state index is 14.3. The monoisotopic (exact) mass is 577 g/mol. The van der Waals surface area contributed by atoms with Crippen LogP contribution in [-0.2, 0) is 19.3 Å². The van der Waals surface area contributed by atoms with Crippen LogP contribution in [0.4, 0.5) is 18.9 Å². The molecule has 1 aliphatic carbocycles. The molecule has 0 atom stereocenters. The molecule has 0 saturated heterocycles. The van der Waals surface area contributed by atoms with Crippen LogP contribution in [0.15, 0.2) is 139 Å². The second-order valence-electron chi connectivity index (χ2n) is 10.5. The minimum Gasteiger partial charge on any atom is -0.367 e. The zero-order valence-electron chi connectivity index (χ0n) is 24.6. The van der Waals surface area contributed by atoms with Crippen molar-refractivity contribution >= 4 is 17.0 Å². The van der Waals surface area contributed by atoms with Crippen LogP contribution in [0.25, 0.3) is 5.57 Å². The summed E-state index contributed by atoms with van der Waals surface area (Å²) >= 11 is 0. The molecule has 0 amide bonds. The van der Waals surface area contributed by atoms with Crippen molar-refractivity contribution in [1.29, 1.82) is 0 Å². The molecule has 0 saturated carbocycles. The van der Waals surface area contributed by atoms with Gasteiger partial charge in [-0.15, -0.1) is 0 Å². The first kappa shape index (κ1) is 29.8. The highest BCUT2D eigenvalue weighted by Crippen LogP contribution is 2.39. The van der Waals surface area contributed by atoms with E-state index in [9.17, 15) is 13.2 Å². The fraction of sp³-hybridized carbons (Fsp3) is 0.184. The summed E-state index contributed by atoms with van der Waals surface area (Å²) in [5.41, 5.74) is 6.01. The number of benzene rings is 4. The van der Waals surface area contributed by atoms with E-state index in [1.807, 2.05) is 85.0 Å². The van der Waals surface area contributed by atoms with Gasteiger partial charge < -0.3 is 4.90 Å². The Morgan fingerprint density at radius 3 is 1.84 bits per heavy atom. The van der Waals surface area contributed by atoms with E-state index in [1.54, 1.807) is 12.1 Å². The fourth-order valence-corrected chi connectivity index (χ4v) is 5.48. The molecule has 4 aromatic rings. The van der Waals surface area contributed by atoms with Gasteiger partial charge in [0.2, 0.25) is 0 Å². The molecule has 2 nitrogen and oxygen atoms in total. The predicted octanol–water partition coefficient (Wildman–Crippen LogP) is 9.33. The molecule has 43 heavy (non-hydrogen) atoms. The van der Waals surface area contributed by atoms with Crippen LogP contribution >= 0.6 is 0 Å². The summed E-state index contributed by atoms with van der Waals surface area (Å²) in [4.78, 5) is 2.25. The van der Waals surface area contributed by atoms with Crippen molar-refractivity contribution in [2.24, 2.45) is 0 Å². The van der Waals surface area contributed by atoms with Gasteiger partial charge in [-0.05, 0) is 72.0 Å². The molecular formula is C38H36F3N2+. The Balaban J connectivity index is 1.55. The zero-order chi connectivity index (χ0) is 30.2. The average Bonchev–Trinajstić information content (AvgIpc) is 3.04. The summed E-state index contributed by atoms with van der Waals surface area (Å²) in [6, 6.07) is 34.2. The molecule has 0 bridgehead atoms. The van der Waals surface area contributed by atoms with Crippen LogP contribution in [0, 0.1) is 0 Å². The summed E-state index contributed by atoms with van der Waals surface area (Å²) in [6.45, 7) is 7.32. The second-order valence-corrected chi connectivity index (χ2v) is 10.5. The van der Waals surface area contributed by atoms with Gasteiger partial charge in [-0.2, -0.15) is 13.2 Å². The summed E-state index contributed by atoms with van der Waals surface area (Å²) in [7, 11) is 0. The van der Waals surface area contributed by atoms with Gasteiger partial charge in [-0.25, -0.2) is 4.58 Å². The Morgan fingerprint density at radius 1 is 0.674 bits per heavy atom. The molecule has 0 fully saturated rings. The Labute approximate surface area is 252 Å². The van der Waals surface area contributed by atoms with Gasteiger partial charge in [0.25, 0.3) is 0 Å². The number of alkyl halides is 3. The number of allylic oxidation sites excluding steroid dienone is 5. The molecule has 0 spiro atoms. The molecule has 0 radical (unpaired) electrons. The first-order chi connectivity index (χ1) is 20.9. The van der Waals surface area contributed by atoms with Crippen molar-refractivity contribution in [2.45, 2.75) is 33.1 Å². The molecule has 0 aromatic heterocycles. The minimum atomic E-state index is -4.48. The largest absolute Gasteiger partial charge is 0.417 e. The van der Waals surface area contributed by atoms with E-state index in [-0.39, 0.29) is 5.56 Å². The Hall–Kier alpha value is -4.64. The van der Waals surface area contributed by atoms with E-state index < -0.39 is 11.7 Å². The summed E-state index contributed by atoms with van der Waals surface area (Å²) in [5.74, 6) is 0. The topological polar surface area (TPSA) is 6.25 Å². The van der Waals surface area contributed by atoms with Crippen LogP contribution < -0.4 is 4.90 Å². The molecule has 5 rings (SSSR count). The van der Waals surface area contributed by atoms with E-state index >= 15 is 0 Å². The second kappa shape index (κ2) is 13.6. The third-order valence-corrected chi connectivity index (χ3v) is 7.74. The van der Waals surface area contributed by atoms with Crippen molar-refractivity contribution in [3.8, 4) is 0 Å². The molecule has 5 heteroatoms.